The van der Waals surface area contributed by atoms with Crippen molar-refractivity contribution >= 4 is 24.1 Å². The number of benzene rings is 2. The molecule has 0 heterocycles. The van der Waals surface area contributed by atoms with Crippen LogP contribution in [0.5, 0.6) is 11.5 Å². The van der Waals surface area contributed by atoms with Crippen molar-refractivity contribution in [2.24, 2.45) is 0 Å². The van der Waals surface area contributed by atoms with E-state index in [0.717, 1.165) is 24.0 Å². The molecule has 0 fully saturated rings. The summed E-state index contributed by atoms with van der Waals surface area (Å²) in [5.74, 6) is 0.566. The Morgan fingerprint density at radius 3 is 1.34 bits per heavy atom. The molecule has 0 aliphatic carbocycles. The van der Waals surface area contributed by atoms with Crippen molar-refractivity contribution < 1.29 is 38.0 Å². The minimum atomic E-state index is -0.514. The number of esters is 2. The Kier molecular flexibility index (Phi) is 14.3. The third-order valence-electron chi connectivity index (χ3n) is 5.20. The molecule has 8 heteroatoms. The van der Waals surface area contributed by atoms with E-state index in [9.17, 15) is 9.59 Å². The molecule has 2 aromatic carbocycles. The topological polar surface area (TPSA) is 89.5 Å². The van der Waals surface area contributed by atoms with Crippen LogP contribution in [-0.2, 0) is 28.5 Å². The van der Waals surface area contributed by atoms with Gasteiger partial charge in [-0.05, 0) is 48.2 Å². The highest BCUT2D eigenvalue weighted by atomic mass is 16.6. The van der Waals surface area contributed by atoms with Gasteiger partial charge in [0.2, 0.25) is 0 Å². The van der Waals surface area contributed by atoms with Crippen molar-refractivity contribution in [1.82, 2.24) is 0 Å². The fourth-order valence-electron chi connectivity index (χ4n) is 3.32. The molecule has 8 nitrogen and oxygen atoms in total. The lowest BCUT2D eigenvalue weighted by atomic mass is 10.2. The molecule has 0 amide bonds. The van der Waals surface area contributed by atoms with Gasteiger partial charge in [-0.3, -0.25) is 9.59 Å². The Bertz CT molecular complexity index is 903. The van der Waals surface area contributed by atoms with Gasteiger partial charge in [0.25, 0.3) is 0 Å². The van der Waals surface area contributed by atoms with E-state index in [2.05, 4.69) is 13.2 Å². The van der Waals surface area contributed by atoms with E-state index >= 15 is 0 Å². The number of unbranched alkanes of at least 4 members (excludes halogenated alkanes) is 1. The van der Waals surface area contributed by atoms with Gasteiger partial charge in [-0.25, -0.2) is 0 Å². The molecule has 0 spiro atoms. The lowest BCUT2D eigenvalue weighted by Crippen LogP contribution is -2.29. The van der Waals surface area contributed by atoms with Gasteiger partial charge in [-0.1, -0.05) is 49.6 Å². The molecule has 0 bridgehead atoms. The number of rotatable bonds is 19. The SMILES string of the molecule is C=Cc1ccc(OCC(COCCCCOCC(COc2ccc(C=C)cc2)OC(C)=O)OC(C)=O)cc1. The van der Waals surface area contributed by atoms with Crippen molar-refractivity contribution in [1.29, 1.82) is 0 Å². The van der Waals surface area contributed by atoms with Crippen molar-refractivity contribution in [2.45, 2.75) is 38.9 Å². The molecule has 2 unspecified atom stereocenters. The highest BCUT2D eigenvalue weighted by Gasteiger charge is 2.15. The molecule has 0 radical (unpaired) electrons. The molecule has 0 aliphatic heterocycles. The summed E-state index contributed by atoms with van der Waals surface area (Å²) in [7, 11) is 0. The van der Waals surface area contributed by atoms with Crippen LogP contribution >= 0.6 is 0 Å². The Hall–Kier alpha value is -3.62. The summed E-state index contributed by atoms with van der Waals surface area (Å²) < 4.78 is 33.4. The van der Waals surface area contributed by atoms with E-state index in [1.165, 1.54) is 13.8 Å². The predicted octanol–water partition coefficient (Wildman–Crippen LogP) is 5.11. The monoisotopic (exact) mass is 526 g/mol. The van der Waals surface area contributed by atoms with Crippen LogP contribution in [-0.4, -0.2) is 63.8 Å². The lowest BCUT2D eigenvalue weighted by molar-refractivity contribution is -0.152. The Morgan fingerprint density at radius 2 is 1.03 bits per heavy atom. The maximum atomic E-state index is 11.4. The van der Waals surface area contributed by atoms with Crippen molar-refractivity contribution in [2.75, 3.05) is 39.6 Å². The second-order valence-electron chi connectivity index (χ2n) is 8.49. The van der Waals surface area contributed by atoms with Crippen LogP contribution in [0.2, 0.25) is 0 Å². The van der Waals surface area contributed by atoms with E-state index in [1.807, 2.05) is 48.5 Å². The zero-order valence-corrected chi connectivity index (χ0v) is 22.3. The van der Waals surface area contributed by atoms with Crippen molar-refractivity contribution in [3.8, 4) is 11.5 Å². The van der Waals surface area contributed by atoms with Crippen LogP contribution in [0.1, 0.15) is 37.8 Å². The largest absolute Gasteiger partial charge is 0.490 e. The van der Waals surface area contributed by atoms with Crippen LogP contribution in [0.15, 0.2) is 61.7 Å². The fraction of sp³-hybridized carbons (Fsp3) is 0.400. The highest BCUT2D eigenvalue weighted by Crippen LogP contribution is 2.15. The number of carbonyl (C=O) groups excluding carboxylic acids is 2. The number of carbonyl (C=O) groups is 2. The van der Waals surface area contributed by atoms with Crippen LogP contribution < -0.4 is 9.47 Å². The summed E-state index contributed by atoms with van der Waals surface area (Å²) in [6.07, 6.45) is 3.98. The molecule has 2 rings (SSSR count). The molecule has 0 aliphatic rings. The molecule has 0 aromatic heterocycles. The van der Waals surface area contributed by atoms with E-state index in [1.54, 1.807) is 12.2 Å². The molecule has 206 valence electrons. The highest BCUT2D eigenvalue weighted by molar-refractivity contribution is 5.66. The summed E-state index contributed by atoms with van der Waals surface area (Å²) in [5.41, 5.74) is 1.98. The molecule has 0 N–H and O–H groups in total. The smallest absolute Gasteiger partial charge is 0.303 e. The molecule has 0 saturated carbocycles. The first-order valence-electron chi connectivity index (χ1n) is 12.6. The lowest BCUT2D eigenvalue weighted by Gasteiger charge is -2.18. The van der Waals surface area contributed by atoms with Gasteiger partial charge >= 0.3 is 11.9 Å². The average molecular weight is 527 g/mol. The molecular weight excluding hydrogens is 488 g/mol. The van der Waals surface area contributed by atoms with E-state index in [-0.39, 0.29) is 26.4 Å². The van der Waals surface area contributed by atoms with Gasteiger partial charge in [0.15, 0.2) is 12.2 Å². The molecule has 38 heavy (non-hydrogen) atoms. The second-order valence-corrected chi connectivity index (χ2v) is 8.49. The molecule has 0 saturated heterocycles. The van der Waals surface area contributed by atoms with Crippen LogP contribution in [0.3, 0.4) is 0 Å². The number of hydrogen-bond donors (Lipinski definition) is 0. The van der Waals surface area contributed by atoms with E-state index in [0.29, 0.717) is 24.7 Å². The van der Waals surface area contributed by atoms with Crippen LogP contribution in [0, 0.1) is 0 Å². The summed E-state index contributed by atoms with van der Waals surface area (Å²) in [6.45, 7) is 12.0. The molecule has 2 aromatic rings. The average Bonchev–Trinajstić information content (AvgIpc) is 2.91. The predicted molar refractivity (Wildman–Crippen MR) is 146 cm³/mol. The van der Waals surface area contributed by atoms with Gasteiger partial charge in [0.1, 0.15) is 24.7 Å². The first kappa shape index (κ1) is 30.6. The Labute approximate surface area is 225 Å². The minimum absolute atomic E-state index is 0.189. The van der Waals surface area contributed by atoms with Gasteiger partial charge in [0, 0.05) is 27.1 Å². The van der Waals surface area contributed by atoms with Gasteiger partial charge in [-0.2, -0.15) is 0 Å². The maximum Gasteiger partial charge on any atom is 0.303 e. The van der Waals surface area contributed by atoms with Gasteiger partial charge in [-0.15, -0.1) is 0 Å². The van der Waals surface area contributed by atoms with Gasteiger partial charge in [0.05, 0.1) is 13.2 Å². The van der Waals surface area contributed by atoms with Crippen molar-refractivity contribution in [3.63, 3.8) is 0 Å². The van der Waals surface area contributed by atoms with E-state index < -0.39 is 24.1 Å². The number of ether oxygens (including phenoxy) is 6. The normalized spacial score (nSPS) is 12.2. The third kappa shape index (κ3) is 13.1. The summed E-state index contributed by atoms with van der Waals surface area (Å²) in [5, 5.41) is 0. The quantitative estimate of drug-likeness (QED) is 0.184. The molecular formula is C30H38O8. The van der Waals surface area contributed by atoms with Crippen LogP contribution in [0.25, 0.3) is 12.2 Å². The number of hydrogen-bond acceptors (Lipinski definition) is 8. The first-order valence-corrected chi connectivity index (χ1v) is 12.6. The van der Waals surface area contributed by atoms with Gasteiger partial charge < -0.3 is 28.4 Å². The summed E-state index contributed by atoms with van der Waals surface area (Å²) >= 11 is 0. The third-order valence-corrected chi connectivity index (χ3v) is 5.20. The zero-order chi connectivity index (χ0) is 27.6. The molecule has 2 atom stereocenters. The first-order chi connectivity index (χ1) is 18.4. The fourth-order valence-corrected chi connectivity index (χ4v) is 3.32. The van der Waals surface area contributed by atoms with Crippen molar-refractivity contribution in [3.05, 3.63) is 72.8 Å². The van der Waals surface area contributed by atoms with E-state index in [4.69, 9.17) is 28.4 Å². The minimum Gasteiger partial charge on any atom is -0.490 e. The summed E-state index contributed by atoms with van der Waals surface area (Å²) in [4.78, 5) is 22.9. The summed E-state index contributed by atoms with van der Waals surface area (Å²) in [6, 6.07) is 14.9. The Balaban J connectivity index is 1.62. The standard InChI is InChI=1S/C30H38O8/c1-5-25-9-13-27(14-10-25)35-21-29(37-23(3)31)19-33-17-7-8-18-34-20-30(38-24(4)32)22-36-28-15-11-26(6-2)12-16-28/h5-6,9-16,29-30H,1-2,7-8,17-22H2,3-4H3. The van der Waals surface area contributed by atoms with Crippen LogP contribution in [0.4, 0.5) is 0 Å². The Morgan fingerprint density at radius 1 is 0.658 bits per heavy atom. The maximum absolute atomic E-state index is 11.4. The second kappa shape index (κ2) is 17.8. The zero-order valence-electron chi connectivity index (χ0n) is 22.3.